The molecular formula is C11H15NO5. The molecule has 0 spiro atoms. The van der Waals surface area contributed by atoms with Gasteiger partial charge in [0.25, 0.3) is 0 Å². The van der Waals surface area contributed by atoms with Crippen molar-refractivity contribution in [2.75, 3.05) is 0 Å². The van der Waals surface area contributed by atoms with Crippen molar-refractivity contribution in [2.45, 2.75) is 39.0 Å². The SMILES string of the molecule is CC(O)[C@H]1C(=O)N2C(C(=O)O)C(=O)C(C)(C)[C@@H]12. The van der Waals surface area contributed by atoms with Crippen LogP contribution in [0.2, 0.25) is 0 Å². The van der Waals surface area contributed by atoms with E-state index in [0.29, 0.717) is 0 Å². The lowest BCUT2D eigenvalue weighted by molar-refractivity contribution is -0.173. The van der Waals surface area contributed by atoms with Gasteiger partial charge in [-0.25, -0.2) is 4.79 Å². The van der Waals surface area contributed by atoms with Crippen LogP contribution in [-0.4, -0.2) is 51.0 Å². The fourth-order valence-electron chi connectivity index (χ4n) is 2.95. The summed E-state index contributed by atoms with van der Waals surface area (Å²) >= 11 is 0. The highest BCUT2D eigenvalue weighted by Gasteiger charge is 2.69. The van der Waals surface area contributed by atoms with Crippen molar-refractivity contribution in [2.24, 2.45) is 11.3 Å². The number of fused-ring (bicyclic) bond motifs is 1. The molecule has 2 saturated heterocycles. The van der Waals surface area contributed by atoms with Crippen molar-refractivity contribution >= 4 is 17.7 Å². The molecule has 2 unspecified atom stereocenters. The van der Waals surface area contributed by atoms with Crippen LogP contribution in [0.4, 0.5) is 0 Å². The number of nitrogens with zero attached hydrogens (tertiary/aromatic N) is 1. The molecule has 0 aliphatic carbocycles. The molecule has 4 atom stereocenters. The lowest BCUT2D eigenvalue weighted by Crippen LogP contribution is -2.67. The zero-order chi connectivity index (χ0) is 13.1. The minimum Gasteiger partial charge on any atom is -0.479 e. The number of hydrogen-bond donors (Lipinski definition) is 2. The van der Waals surface area contributed by atoms with Gasteiger partial charge in [-0.3, -0.25) is 9.59 Å². The van der Waals surface area contributed by atoms with Crippen LogP contribution in [0.15, 0.2) is 0 Å². The summed E-state index contributed by atoms with van der Waals surface area (Å²) in [7, 11) is 0. The second-order valence-corrected chi connectivity index (χ2v) is 5.28. The normalized spacial score (nSPS) is 36.5. The summed E-state index contributed by atoms with van der Waals surface area (Å²) in [5.74, 6) is -2.89. The quantitative estimate of drug-likeness (QED) is 0.490. The van der Waals surface area contributed by atoms with E-state index >= 15 is 0 Å². The number of carboxylic acids is 1. The van der Waals surface area contributed by atoms with Crippen molar-refractivity contribution in [3.8, 4) is 0 Å². The maximum Gasteiger partial charge on any atom is 0.334 e. The summed E-state index contributed by atoms with van der Waals surface area (Å²) in [6.45, 7) is 4.73. The Bertz CT molecular complexity index is 414. The molecule has 2 aliphatic heterocycles. The number of aliphatic hydroxyl groups excluding tert-OH is 1. The first kappa shape index (κ1) is 12.0. The molecule has 17 heavy (non-hydrogen) atoms. The van der Waals surface area contributed by atoms with Gasteiger partial charge >= 0.3 is 5.97 Å². The molecule has 0 aromatic carbocycles. The number of amides is 1. The van der Waals surface area contributed by atoms with Gasteiger partial charge in [0.05, 0.1) is 18.1 Å². The largest absolute Gasteiger partial charge is 0.479 e. The highest BCUT2D eigenvalue weighted by molar-refractivity contribution is 6.13. The average Bonchev–Trinajstić information content (AvgIpc) is 2.34. The monoisotopic (exact) mass is 241 g/mol. The van der Waals surface area contributed by atoms with Gasteiger partial charge in [0.1, 0.15) is 0 Å². The Hall–Kier alpha value is -1.43. The minimum absolute atomic E-state index is 0.448. The number of β-lactam (4-membered cyclic amide) rings is 1. The molecular weight excluding hydrogens is 226 g/mol. The topological polar surface area (TPSA) is 94.9 Å². The van der Waals surface area contributed by atoms with Crippen LogP contribution >= 0.6 is 0 Å². The van der Waals surface area contributed by atoms with E-state index in [9.17, 15) is 19.5 Å². The van der Waals surface area contributed by atoms with E-state index in [-0.39, 0.29) is 0 Å². The third-order valence-corrected chi connectivity index (χ3v) is 3.83. The molecule has 1 amide bonds. The first-order valence-corrected chi connectivity index (χ1v) is 5.48. The van der Waals surface area contributed by atoms with E-state index in [0.717, 1.165) is 4.90 Å². The summed E-state index contributed by atoms with van der Waals surface area (Å²) < 4.78 is 0. The predicted octanol–water partition coefficient (Wildman–Crippen LogP) is -0.744. The molecule has 0 bridgehead atoms. The molecule has 0 saturated carbocycles. The highest BCUT2D eigenvalue weighted by atomic mass is 16.4. The molecule has 0 aromatic heterocycles. The van der Waals surface area contributed by atoms with Crippen LogP contribution in [0.5, 0.6) is 0 Å². The van der Waals surface area contributed by atoms with Crippen LogP contribution in [0.25, 0.3) is 0 Å². The average molecular weight is 241 g/mol. The van der Waals surface area contributed by atoms with Crippen LogP contribution in [0, 0.1) is 11.3 Å². The second-order valence-electron chi connectivity index (χ2n) is 5.28. The van der Waals surface area contributed by atoms with Gasteiger partial charge in [-0.1, -0.05) is 13.8 Å². The van der Waals surface area contributed by atoms with Crippen molar-refractivity contribution in [1.29, 1.82) is 0 Å². The molecule has 6 nitrogen and oxygen atoms in total. The zero-order valence-electron chi connectivity index (χ0n) is 9.88. The molecule has 2 aliphatic rings. The summed E-state index contributed by atoms with van der Waals surface area (Å²) in [5, 5.41) is 18.5. The minimum atomic E-state index is -1.39. The van der Waals surface area contributed by atoms with Crippen molar-refractivity contribution in [3.63, 3.8) is 0 Å². The summed E-state index contributed by atoms with van der Waals surface area (Å²) in [5.41, 5.74) is -0.918. The van der Waals surface area contributed by atoms with E-state index < -0.39 is 47.2 Å². The standard InChI is InChI=1S/C11H15NO5/c1-4(13)5-7-11(2,3)8(14)6(10(16)17)12(7)9(5)15/h4-7,13H,1-3H3,(H,16,17)/t4?,5-,6?,7-/m1/s1. The van der Waals surface area contributed by atoms with Crippen LogP contribution in [-0.2, 0) is 14.4 Å². The van der Waals surface area contributed by atoms with Crippen molar-refractivity contribution < 1.29 is 24.6 Å². The molecule has 6 heteroatoms. The number of ketones is 1. The number of carboxylic acid groups (broad SMARTS) is 1. The van der Waals surface area contributed by atoms with Crippen LogP contribution in [0.1, 0.15) is 20.8 Å². The summed E-state index contributed by atoms with van der Waals surface area (Å²) in [6, 6.07) is -1.90. The second kappa shape index (κ2) is 3.29. The molecule has 2 heterocycles. The van der Waals surface area contributed by atoms with Gasteiger partial charge in [0.2, 0.25) is 5.91 Å². The number of Topliss-reactive ketones (excluding diaryl/α,β-unsaturated/α-hetero) is 1. The number of aliphatic carboxylic acids is 1. The maximum atomic E-state index is 12.0. The zero-order valence-corrected chi connectivity index (χ0v) is 9.88. The Morgan fingerprint density at radius 1 is 1.41 bits per heavy atom. The summed E-state index contributed by atoms with van der Waals surface area (Å²) in [4.78, 5) is 35.9. The Balaban J connectivity index is 2.42. The fraction of sp³-hybridized carbons (Fsp3) is 0.727. The van der Waals surface area contributed by atoms with Gasteiger partial charge < -0.3 is 15.1 Å². The smallest absolute Gasteiger partial charge is 0.334 e. The van der Waals surface area contributed by atoms with Gasteiger partial charge in [-0.15, -0.1) is 0 Å². The molecule has 0 aromatic rings. The van der Waals surface area contributed by atoms with E-state index in [1.807, 2.05) is 0 Å². The number of carbonyl (C=O) groups excluding carboxylic acids is 2. The number of hydrogen-bond acceptors (Lipinski definition) is 4. The number of aliphatic hydroxyl groups is 1. The van der Waals surface area contributed by atoms with Crippen LogP contribution in [0.3, 0.4) is 0 Å². The van der Waals surface area contributed by atoms with Gasteiger partial charge in [0.15, 0.2) is 11.8 Å². The molecule has 2 fully saturated rings. The molecule has 2 N–H and O–H groups in total. The van der Waals surface area contributed by atoms with E-state index in [1.165, 1.54) is 6.92 Å². The third kappa shape index (κ3) is 1.27. The maximum absolute atomic E-state index is 12.0. The number of carbonyl (C=O) groups is 3. The molecule has 94 valence electrons. The number of rotatable bonds is 2. The van der Waals surface area contributed by atoms with E-state index in [4.69, 9.17) is 5.11 Å². The summed E-state index contributed by atoms with van der Waals surface area (Å²) in [6.07, 6.45) is -0.872. The lowest BCUT2D eigenvalue weighted by atomic mass is 9.71. The highest BCUT2D eigenvalue weighted by Crippen LogP contribution is 2.49. The van der Waals surface area contributed by atoms with Crippen molar-refractivity contribution in [3.05, 3.63) is 0 Å². The Morgan fingerprint density at radius 2 is 1.94 bits per heavy atom. The predicted molar refractivity (Wildman–Crippen MR) is 56.0 cm³/mol. The van der Waals surface area contributed by atoms with Gasteiger partial charge in [-0.05, 0) is 6.92 Å². The fourth-order valence-corrected chi connectivity index (χ4v) is 2.95. The lowest BCUT2D eigenvalue weighted by Gasteiger charge is -2.48. The van der Waals surface area contributed by atoms with Gasteiger partial charge in [0, 0.05) is 5.41 Å². The Labute approximate surface area is 98.2 Å². The van der Waals surface area contributed by atoms with Crippen LogP contribution < -0.4 is 0 Å². The first-order chi connectivity index (χ1) is 7.71. The first-order valence-electron chi connectivity index (χ1n) is 5.48. The van der Waals surface area contributed by atoms with Gasteiger partial charge in [-0.2, -0.15) is 0 Å². The van der Waals surface area contributed by atoms with Crippen molar-refractivity contribution in [1.82, 2.24) is 4.90 Å². The Morgan fingerprint density at radius 3 is 2.35 bits per heavy atom. The van der Waals surface area contributed by atoms with E-state index in [2.05, 4.69) is 0 Å². The van der Waals surface area contributed by atoms with E-state index in [1.54, 1.807) is 13.8 Å². The Kier molecular flexibility index (Phi) is 2.33. The molecule has 2 rings (SSSR count). The third-order valence-electron chi connectivity index (χ3n) is 3.83. The molecule has 0 radical (unpaired) electrons.